The van der Waals surface area contributed by atoms with Gasteiger partial charge in [-0.25, -0.2) is 13.8 Å². The Labute approximate surface area is 144 Å². The van der Waals surface area contributed by atoms with E-state index in [2.05, 4.69) is 19.8 Å². The predicted molar refractivity (Wildman–Crippen MR) is 92.4 cm³/mol. The standard InChI is InChI=1S/C18H19F2N5/c1-23-5-4-21-17(23)12-24-6-8-25(9-7-24)16-2-3-22-18-14(16)10-13(19)11-15(18)20/h2-5,10-11H,6-9,12H2,1H3. The summed E-state index contributed by atoms with van der Waals surface area (Å²) in [6.07, 6.45) is 5.33. The lowest BCUT2D eigenvalue weighted by atomic mass is 10.1. The van der Waals surface area contributed by atoms with Gasteiger partial charge in [0.05, 0.1) is 6.54 Å². The van der Waals surface area contributed by atoms with E-state index in [0.29, 0.717) is 5.39 Å². The minimum Gasteiger partial charge on any atom is -0.368 e. The Morgan fingerprint density at radius 2 is 1.84 bits per heavy atom. The molecule has 0 amide bonds. The van der Waals surface area contributed by atoms with Crippen molar-refractivity contribution in [2.45, 2.75) is 6.54 Å². The number of halogens is 2. The first-order valence-electron chi connectivity index (χ1n) is 8.29. The van der Waals surface area contributed by atoms with Gasteiger partial charge in [-0.05, 0) is 12.1 Å². The van der Waals surface area contributed by atoms with Gasteiger partial charge in [-0.15, -0.1) is 0 Å². The summed E-state index contributed by atoms with van der Waals surface area (Å²) in [6.45, 7) is 4.13. The largest absolute Gasteiger partial charge is 0.368 e. The Kier molecular flexibility index (Phi) is 4.09. The maximum absolute atomic E-state index is 14.0. The SMILES string of the molecule is Cn1ccnc1CN1CCN(c2ccnc3c(F)cc(F)cc23)CC1. The highest BCUT2D eigenvalue weighted by Crippen LogP contribution is 2.28. The van der Waals surface area contributed by atoms with Crippen molar-refractivity contribution in [3.63, 3.8) is 0 Å². The minimum absolute atomic E-state index is 0.217. The van der Waals surface area contributed by atoms with Gasteiger partial charge in [-0.3, -0.25) is 9.88 Å². The molecule has 130 valence electrons. The number of piperazine rings is 1. The third-order valence-corrected chi connectivity index (χ3v) is 4.74. The van der Waals surface area contributed by atoms with Gasteiger partial charge in [0.25, 0.3) is 0 Å². The molecule has 0 N–H and O–H groups in total. The van der Waals surface area contributed by atoms with E-state index >= 15 is 0 Å². The quantitative estimate of drug-likeness (QED) is 0.732. The molecule has 4 rings (SSSR count). The zero-order chi connectivity index (χ0) is 17.4. The van der Waals surface area contributed by atoms with Crippen LogP contribution in [0.3, 0.4) is 0 Å². The summed E-state index contributed by atoms with van der Waals surface area (Å²) in [5.74, 6) is -0.162. The number of nitrogens with zero attached hydrogens (tertiary/aromatic N) is 5. The Hall–Kier alpha value is -2.54. The molecule has 7 heteroatoms. The second-order valence-corrected chi connectivity index (χ2v) is 6.33. The number of rotatable bonds is 3. The van der Waals surface area contributed by atoms with Crippen molar-refractivity contribution in [2.75, 3.05) is 31.1 Å². The van der Waals surface area contributed by atoms with Crippen LogP contribution in [0.4, 0.5) is 14.5 Å². The normalized spacial score (nSPS) is 15.9. The lowest BCUT2D eigenvalue weighted by molar-refractivity contribution is 0.242. The highest BCUT2D eigenvalue weighted by atomic mass is 19.1. The van der Waals surface area contributed by atoms with Gasteiger partial charge in [-0.2, -0.15) is 0 Å². The van der Waals surface area contributed by atoms with Crippen LogP contribution in [-0.4, -0.2) is 45.6 Å². The minimum atomic E-state index is -0.620. The van der Waals surface area contributed by atoms with E-state index in [0.717, 1.165) is 50.3 Å². The number of pyridine rings is 1. The van der Waals surface area contributed by atoms with Crippen LogP contribution in [-0.2, 0) is 13.6 Å². The summed E-state index contributed by atoms with van der Waals surface area (Å²) in [7, 11) is 1.99. The first-order chi connectivity index (χ1) is 12.1. The third kappa shape index (κ3) is 3.07. The van der Waals surface area contributed by atoms with Crippen LogP contribution in [0.1, 0.15) is 5.82 Å². The molecule has 0 atom stereocenters. The van der Waals surface area contributed by atoms with E-state index in [4.69, 9.17) is 0 Å². The van der Waals surface area contributed by atoms with Crippen LogP contribution in [0.25, 0.3) is 10.9 Å². The molecule has 1 fully saturated rings. The molecule has 1 aliphatic heterocycles. The zero-order valence-electron chi connectivity index (χ0n) is 14.0. The third-order valence-electron chi connectivity index (χ3n) is 4.74. The molecule has 0 unspecified atom stereocenters. The van der Waals surface area contributed by atoms with Crippen molar-refractivity contribution in [2.24, 2.45) is 7.05 Å². The molecule has 5 nitrogen and oxygen atoms in total. The Morgan fingerprint density at radius 3 is 2.56 bits per heavy atom. The smallest absolute Gasteiger partial charge is 0.152 e. The van der Waals surface area contributed by atoms with Gasteiger partial charge in [0.1, 0.15) is 17.2 Å². The summed E-state index contributed by atoms with van der Waals surface area (Å²) in [6, 6.07) is 4.07. The average Bonchev–Trinajstić information content (AvgIpc) is 3.00. The highest BCUT2D eigenvalue weighted by molar-refractivity contribution is 5.92. The van der Waals surface area contributed by atoms with Gasteiger partial charge in [0, 0.05) is 69.0 Å². The number of hydrogen-bond donors (Lipinski definition) is 0. The second-order valence-electron chi connectivity index (χ2n) is 6.33. The molecule has 0 saturated carbocycles. The van der Waals surface area contributed by atoms with Crippen molar-refractivity contribution in [3.05, 3.63) is 54.2 Å². The van der Waals surface area contributed by atoms with E-state index in [1.54, 1.807) is 12.4 Å². The van der Waals surface area contributed by atoms with Gasteiger partial charge in [-0.1, -0.05) is 0 Å². The van der Waals surface area contributed by atoms with Crippen molar-refractivity contribution >= 4 is 16.6 Å². The van der Waals surface area contributed by atoms with Gasteiger partial charge in [0.15, 0.2) is 5.82 Å². The molecule has 1 saturated heterocycles. The Morgan fingerprint density at radius 1 is 1.04 bits per heavy atom. The van der Waals surface area contributed by atoms with Crippen molar-refractivity contribution < 1.29 is 8.78 Å². The number of aromatic nitrogens is 3. The fraction of sp³-hybridized carbons (Fsp3) is 0.333. The number of imidazole rings is 1. The number of fused-ring (bicyclic) bond motifs is 1. The molecule has 1 aromatic carbocycles. The molecule has 0 spiro atoms. The monoisotopic (exact) mass is 343 g/mol. The first kappa shape index (κ1) is 16.0. The van der Waals surface area contributed by atoms with Gasteiger partial charge < -0.3 is 9.47 Å². The molecule has 3 aromatic rings. The van der Waals surface area contributed by atoms with Crippen molar-refractivity contribution in [1.29, 1.82) is 0 Å². The van der Waals surface area contributed by atoms with Crippen LogP contribution < -0.4 is 4.90 Å². The first-order valence-corrected chi connectivity index (χ1v) is 8.29. The summed E-state index contributed by atoms with van der Waals surface area (Å²) < 4.78 is 29.6. The molecular weight excluding hydrogens is 324 g/mol. The van der Waals surface area contributed by atoms with Crippen LogP contribution >= 0.6 is 0 Å². The summed E-state index contributed by atoms with van der Waals surface area (Å²) in [5.41, 5.74) is 1.05. The van der Waals surface area contributed by atoms with E-state index in [1.165, 1.54) is 6.07 Å². The number of aryl methyl sites for hydroxylation is 1. The van der Waals surface area contributed by atoms with Crippen LogP contribution in [0.2, 0.25) is 0 Å². The Bertz CT molecular complexity index is 900. The molecular formula is C18H19F2N5. The van der Waals surface area contributed by atoms with Crippen LogP contribution in [0.15, 0.2) is 36.8 Å². The van der Waals surface area contributed by atoms with Crippen LogP contribution in [0.5, 0.6) is 0 Å². The van der Waals surface area contributed by atoms with Crippen molar-refractivity contribution in [1.82, 2.24) is 19.4 Å². The molecule has 1 aliphatic rings. The lowest BCUT2D eigenvalue weighted by Crippen LogP contribution is -2.46. The van der Waals surface area contributed by atoms with Gasteiger partial charge >= 0.3 is 0 Å². The van der Waals surface area contributed by atoms with Crippen LogP contribution in [0, 0.1) is 11.6 Å². The van der Waals surface area contributed by atoms with Gasteiger partial charge in [0.2, 0.25) is 0 Å². The van der Waals surface area contributed by atoms with E-state index in [9.17, 15) is 8.78 Å². The molecule has 3 heterocycles. The van der Waals surface area contributed by atoms with E-state index in [1.807, 2.05) is 23.9 Å². The Balaban J connectivity index is 1.53. The lowest BCUT2D eigenvalue weighted by Gasteiger charge is -2.36. The summed E-state index contributed by atoms with van der Waals surface area (Å²) in [4.78, 5) is 12.9. The summed E-state index contributed by atoms with van der Waals surface area (Å²) >= 11 is 0. The maximum Gasteiger partial charge on any atom is 0.152 e. The fourth-order valence-electron chi connectivity index (χ4n) is 3.34. The van der Waals surface area contributed by atoms with E-state index < -0.39 is 11.6 Å². The van der Waals surface area contributed by atoms with Crippen molar-refractivity contribution in [3.8, 4) is 0 Å². The average molecular weight is 343 g/mol. The predicted octanol–water partition coefficient (Wildman–Crippen LogP) is 2.57. The fourth-order valence-corrected chi connectivity index (χ4v) is 3.34. The maximum atomic E-state index is 14.0. The molecule has 2 aromatic heterocycles. The molecule has 0 radical (unpaired) electrons. The number of benzene rings is 1. The zero-order valence-corrected chi connectivity index (χ0v) is 14.0. The molecule has 0 aliphatic carbocycles. The molecule has 25 heavy (non-hydrogen) atoms. The highest BCUT2D eigenvalue weighted by Gasteiger charge is 2.21. The summed E-state index contributed by atoms with van der Waals surface area (Å²) in [5, 5.41) is 0.526. The number of anilines is 1. The topological polar surface area (TPSA) is 37.2 Å². The number of hydrogen-bond acceptors (Lipinski definition) is 4. The second kappa shape index (κ2) is 6.40. The molecule has 0 bridgehead atoms. The van der Waals surface area contributed by atoms with E-state index in [-0.39, 0.29) is 5.52 Å².